The SMILES string of the molecule is COC1(OC)C=C2CCNC2=CC1=O. The van der Waals surface area contributed by atoms with Gasteiger partial charge in [0.25, 0.3) is 5.79 Å². The van der Waals surface area contributed by atoms with E-state index in [1.54, 1.807) is 12.2 Å². The fourth-order valence-electron chi connectivity index (χ4n) is 1.81. The largest absolute Gasteiger partial charge is 0.384 e. The highest BCUT2D eigenvalue weighted by atomic mass is 16.7. The summed E-state index contributed by atoms with van der Waals surface area (Å²) in [7, 11) is 2.94. The first-order chi connectivity index (χ1) is 6.72. The van der Waals surface area contributed by atoms with E-state index < -0.39 is 5.79 Å². The first-order valence-corrected chi connectivity index (χ1v) is 4.54. The van der Waals surface area contributed by atoms with Gasteiger partial charge < -0.3 is 14.8 Å². The maximum atomic E-state index is 11.7. The molecule has 2 rings (SSSR count). The second-order valence-corrected chi connectivity index (χ2v) is 3.34. The molecule has 0 amide bonds. The van der Waals surface area contributed by atoms with Crippen LogP contribution in [-0.4, -0.2) is 32.3 Å². The van der Waals surface area contributed by atoms with Crippen LogP contribution in [0.5, 0.6) is 0 Å². The molecule has 0 aromatic rings. The minimum Gasteiger partial charge on any atom is -0.384 e. The molecule has 0 aromatic heterocycles. The maximum Gasteiger partial charge on any atom is 0.253 e. The number of methoxy groups -OCH3 is 2. The van der Waals surface area contributed by atoms with E-state index >= 15 is 0 Å². The van der Waals surface area contributed by atoms with Gasteiger partial charge in [0.15, 0.2) is 0 Å². The van der Waals surface area contributed by atoms with Gasteiger partial charge in [-0.15, -0.1) is 0 Å². The summed E-state index contributed by atoms with van der Waals surface area (Å²) in [6.45, 7) is 0.869. The molecule has 1 saturated heterocycles. The molecule has 14 heavy (non-hydrogen) atoms. The Kier molecular flexibility index (Phi) is 2.17. The molecule has 1 aliphatic carbocycles. The molecule has 1 heterocycles. The molecule has 0 aromatic carbocycles. The summed E-state index contributed by atoms with van der Waals surface area (Å²) in [4.78, 5) is 11.7. The highest BCUT2D eigenvalue weighted by Crippen LogP contribution is 2.30. The Morgan fingerprint density at radius 2 is 2.14 bits per heavy atom. The molecule has 0 bridgehead atoms. The van der Waals surface area contributed by atoms with Gasteiger partial charge in [-0.3, -0.25) is 4.79 Å². The molecule has 0 unspecified atom stereocenters. The molecule has 4 nitrogen and oxygen atoms in total. The lowest BCUT2D eigenvalue weighted by molar-refractivity contribution is -0.181. The predicted octanol–water partition coefficient (Wildman–Crippen LogP) is 0.362. The van der Waals surface area contributed by atoms with Gasteiger partial charge in [0, 0.05) is 32.5 Å². The van der Waals surface area contributed by atoms with Crippen molar-refractivity contribution in [1.82, 2.24) is 5.32 Å². The Bertz CT molecular complexity index is 326. The first-order valence-electron chi connectivity index (χ1n) is 4.54. The summed E-state index contributed by atoms with van der Waals surface area (Å²) < 4.78 is 10.3. The van der Waals surface area contributed by atoms with Gasteiger partial charge in [0.1, 0.15) is 0 Å². The second-order valence-electron chi connectivity index (χ2n) is 3.34. The van der Waals surface area contributed by atoms with Crippen molar-refractivity contribution in [2.24, 2.45) is 0 Å². The number of nitrogens with one attached hydrogen (secondary N) is 1. The Morgan fingerprint density at radius 3 is 2.79 bits per heavy atom. The molecule has 1 N–H and O–H groups in total. The Morgan fingerprint density at radius 1 is 1.43 bits per heavy atom. The predicted molar refractivity (Wildman–Crippen MR) is 50.5 cm³/mol. The van der Waals surface area contributed by atoms with E-state index in [1.807, 2.05) is 0 Å². The zero-order chi connectivity index (χ0) is 10.2. The molecule has 4 heteroatoms. The third-order valence-electron chi connectivity index (χ3n) is 2.65. The van der Waals surface area contributed by atoms with E-state index in [-0.39, 0.29) is 5.78 Å². The van der Waals surface area contributed by atoms with Crippen LogP contribution >= 0.6 is 0 Å². The topological polar surface area (TPSA) is 47.6 Å². The zero-order valence-electron chi connectivity index (χ0n) is 8.29. The van der Waals surface area contributed by atoms with Crippen molar-refractivity contribution >= 4 is 5.78 Å². The van der Waals surface area contributed by atoms with Crippen molar-refractivity contribution in [3.8, 4) is 0 Å². The maximum absolute atomic E-state index is 11.7. The van der Waals surface area contributed by atoms with Crippen LogP contribution in [0.4, 0.5) is 0 Å². The van der Waals surface area contributed by atoms with Crippen LogP contribution in [0.3, 0.4) is 0 Å². The van der Waals surface area contributed by atoms with Gasteiger partial charge >= 0.3 is 0 Å². The summed E-state index contributed by atoms with van der Waals surface area (Å²) in [6, 6.07) is 0. The summed E-state index contributed by atoms with van der Waals surface area (Å²) in [5.74, 6) is -1.37. The smallest absolute Gasteiger partial charge is 0.253 e. The summed E-state index contributed by atoms with van der Waals surface area (Å²) >= 11 is 0. The van der Waals surface area contributed by atoms with Crippen LogP contribution in [0.15, 0.2) is 23.4 Å². The lowest BCUT2D eigenvalue weighted by Gasteiger charge is -2.28. The Labute approximate surface area is 82.6 Å². The number of rotatable bonds is 2. The molecular formula is C10H13NO3. The quantitative estimate of drug-likeness (QED) is 0.646. The number of allylic oxidation sites excluding steroid dienone is 1. The summed E-state index contributed by atoms with van der Waals surface area (Å²) in [5, 5.41) is 3.14. The summed E-state index contributed by atoms with van der Waals surface area (Å²) in [5.41, 5.74) is 1.99. The molecule has 76 valence electrons. The van der Waals surface area contributed by atoms with E-state index in [0.29, 0.717) is 0 Å². The van der Waals surface area contributed by atoms with Crippen LogP contribution in [0, 0.1) is 0 Å². The standard InChI is InChI=1S/C10H13NO3/c1-13-10(14-2)6-7-3-4-11-8(7)5-9(10)12/h5-6,11H,3-4H2,1-2H3. The number of hydrogen-bond donors (Lipinski definition) is 1. The molecule has 0 atom stereocenters. The van der Waals surface area contributed by atoms with Crippen LogP contribution in [-0.2, 0) is 14.3 Å². The highest BCUT2D eigenvalue weighted by Gasteiger charge is 2.40. The van der Waals surface area contributed by atoms with Crippen molar-refractivity contribution in [3.63, 3.8) is 0 Å². The van der Waals surface area contributed by atoms with E-state index in [0.717, 1.165) is 24.2 Å². The van der Waals surface area contributed by atoms with Gasteiger partial charge in [-0.1, -0.05) is 0 Å². The normalized spacial score (nSPS) is 23.7. The fraction of sp³-hybridized carbons (Fsp3) is 0.500. The molecule has 0 radical (unpaired) electrons. The van der Waals surface area contributed by atoms with Crippen molar-refractivity contribution < 1.29 is 14.3 Å². The van der Waals surface area contributed by atoms with Crippen molar-refractivity contribution in [3.05, 3.63) is 23.4 Å². The van der Waals surface area contributed by atoms with Gasteiger partial charge in [0.2, 0.25) is 5.78 Å². The van der Waals surface area contributed by atoms with E-state index in [9.17, 15) is 4.79 Å². The van der Waals surface area contributed by atoms with Crippen molar-refractivity contribution in [2.45, 2.75) is 12.2 Å². The van der Waals surface area contributed by atoms with E-state index in [4.69, 9.17) is 9.47 Å². The van der Waals surface area contributed by atoms with E-state index in [1.165, 1.54) is 14.2 Å². The van der Waals surface area contributed by atoms with Crippen molar-refractivity contribution in [1.29, 1.82) is 0 Å². The number of ether oxygens (including phenoxy) is 2. The second kappa shape index (κ2) is 3.22. The Balaban J connectivity index is 2.40. The molecule has 0 spiro atoms. The molecular weight excluding hydrogens is 182 g/mol. The van der Waals surface area contributed by atoms with Gasteiger partial charge in [0.05, 0.1) is 0 Å². The molecule has 1 fully saturated rings. The third kappa shape index (κ3) is 1.19. The molecule has 1 aliphatic heterocycles. The number of carbonyl (C=O) groups excluding carboxylic acids is 1. The van der Waals surface area contributed by atoms with Crippen LogP contribution < -0.4 is 5.32 Å². The zero-order valence-corrected chi connectivity index (χ0v) is 8.29. The third-order valence-corrected chi connectivity index (χ3v) is 2.65. The monoisotopic (exact) mass is 195 g/mol. The molecule has 2 aliphatic rings. The Hall–Kier alpha value is -1.13. The lowest BCUT2D eigenvalue weighted by atomic mass is 9.97. The number of hydrogen-bond acceptors (Lipinski definition) is 4. The fourth-order valence-corrected chi connectivity index (χ4v) is 1.81. The minimum atomic E-state index is -1.20. The average Bonchev–Trinajstić information content (AvgIpc) is 2.63. The van der Waals surface area contributed by atoms with Crippen LogP contribution in [0.1, 0.15) is 6.42 Å². The average molecular weight is 195 g/mol. The minimum absolute atomic E-state index is 0.171. The van der Waals surface area contributed by atoms with Gasteiger partial charge in [-0.2, -0.15) is 0 Å². The first kappa shape index (κ1) is 9.43. The van der Waals surface area contributed by atoms with Gasteiger partial charge in [-0.05, 0) is 18.1 Å². The number of ketones is 1. The van der Waals surface area contributed by atoms with Crippen molar-refractivity contribution in [2.75, 3.05) is 20.8 Å². The number of fused-ring (bicyclic) bond motifs is 1. The van der Waals surface area contributed by atoms with Crippen LogP contribution in [0.2, 0.25) is 0 Å². The van der Waals surface area contributed by atoms with Crippen LogP contribution in [0.25, 0.3) is 0 Å². The summed E-state index contributed by atoms with van der Waals surface area (Å²) in [6.07, 6.45) is 4.22. The van der Waals surface area contributed by atoms with E-state index in [2.05, 4.69) is 5.32 Å². The lowest BCUT2D eigenvalue weighted by Crippen LogP contribution is -2.42. The number of carbonyl (C=O) groups is 1. The van der Waals surface area contributed by atoms with Gasteiger partial charge in [-0.25, -0.2) is 0 Å². The molecule has 0 saturated carbocycles. The highest BCUT2D eigenvalue weighted by molar-refractivity contribution is 6.00.